The van der Waals surface area contributed by atoms with E-state index in [0.717, 1.165) is 16.5 Å². The second kappa shape index (κ2) is 8.64. The first-order chi connectivity index (χ1) is 14.3. The van der Waals surface area contributed by atoms with E-state index in [9.17, 15) is 24.8 Å². The summed E-state index contributed by atoms with van der Waals surface area (Å²) >= 11 is 0. The van der Waals surface area contributed by atoms with Gasteiger partial charge in [0.05, 0.1) is 18.1 Å². The number of hydrogen-bond acceptors (Lipinski definition) is 6. The summed E-state index contributed by atoms with van der Waals surface area (Å²) in [5.74, 6) is -1.74. The zero-order valence-corrected chi connectivity index (χ0v) is 16.2. The largest absolute Gasteiger partial charge is 0.493 e. The highest BCUT2D eigenvalue weighted by Crippen LogP contribution is 2.37. The van der Waals surface area contributed by atoms with Gasteiger partial charge in [-0.05, 0) is 5.56 Å². The Balaban J connectivity index is 1.96. The fourth-order valence-electron chi connectivity index (χ4n) is 3.27. The number of carboxylic acid groups (broad SMARTS) is 1. The summed E-state index contributed by atoms with van der Waals surface area (Å²) in [4.78, 5) is 36.5. The van der Waals surface area contributed by atoms with Gasteiger partial charge in [-0.25, -0.2) is 4.79 Å². The number of carbonyl (C=O) groups excluding carboxylic acids is 1. The van der Waals surface area contributed by atoms with E-state index >= 15 is 0 Å². The first-order valence-corrected chi connectivity index (χ1v) is 9.05. The minimum atomic E-state index is -1.19. The molecule has 1 aliphatic heterocycles. The van der Waals surface area contributed by atoms with Crippen LogP contribution in [0.5, 0.6) is 11.5 Å². The Morgan fingerprint density at radius 3 is 2.57 bits per heavy atom. The van der Waals surface area contributed by atoms with Crippen molar-refractivity contribution in [3.05, 3.63) is 75.9 Å². The summed E-state index contributed by atoms with van der Waals surface area (Å²) in [6.45, 7) is 3.90. The van der Waals surface area contributed by atoms with Gasteiger partial charge in [-0.1, -0.05) is 42.5 Å². The third-order valence-corrected chi connectivity index (χ3v) is 4.74. The molecule has 1 fully saturated rings. The van der Waals surface area contributed by atoms with Crippen molar-refractivity contribution in [1.29, 1.82) is 0 Å². The minimum Gasteiger partial charge on any atom is -0.493 e. The quantitative estimate of drug-likeness (QED) is 0.422. The molecule has 0 unspecified atom stereocenters. The van der Waals surface area contributed by atoms with Crippen LogP contribution in [0.1, 0.15) is 22.3 Å². The highest BCUT2D eigenvalue weighted by atomic mass is 16.6. The molecular weight excluding hydrogens is 392 g/mol. The third-order valence-electron chi connectivity index (χ3n) is 4.74. The summed E-state index contributed by atoms with van der Waals surface area (Å²) in [5.41, 5.74) is 0.644. The number of nitrogens with zero attached hydrogens (tertiary/aromatic N) is 2. The van der Waals surface area contributed by atoms with Gasteiger partial charge in [0.15, 0.2) is 11.5 Å². The summed E-state index contributed by atoms with van der Waals surface area (Å²) in [6.07, 6.45) is 0.101. The summed E-state index contributed by atoms with van der Waals surface area (Å²) in [7, 11) is 1.35. The van der Waals surface area contributed by atoms with Crippen LogP contribution in [0.25, 0.3) is 0 Å². The van der Waals surface area contributed by atoms with E-state index in [1.807, 2.05) is 30.3 Å². The number of hydrogen-bond donors (Lipinski definition) is 1. The van der Waals surface area contributed by atoms with Crippen LogP contribution in [0.4, 0.5) is 5.69 Å². The molecule has 1 saturated heterocycles. The fraction of sp³-hybridized carbons (Fsp3) is 0.238. The predicted molar refractivity (Wildman–Crippen MR) is 107 cm³/mol. The van der Waals surface area contributed by atoms with Crippen LogP contribution in [0.3, 0.4) is 0 Å². The lowest BCUT2D eigenvalue weighted by Gasteiger charge is -2.21. The number of carbonyl (C=O) groups is 2. The van der Waals surface area contributed by atoms with E-state index in [-0.39, 0.29) is 36.6 Å². The number of benzene rings is 2. The van der Waals surface area contributed by atoms with Crippen LogP contribution in [0.15, 0.2) is 54.6 Å². The van der Waals surface area contributed by atoms with Crippen LogP contribution in [0, 0.1) is 10.1 Å². The van der Waals surface area contributed by atoms with Gasteiger partial charge in [-0.2, -0.15) is 0 Å². The first kappa shape index (κ1) is 20.8. The molecule has 30 heavy (non-hydrogen) atoms. The number of nitro groups is 1. The van der Waals surface area contributed by atoms with Crippen LogP contribution < -0.4 is 9.47 Å². The summed E-state index contributed by atoms with van der Waals surface area (Å²) in [5, 5.41) is 21.0. The Hall–Kier alpha value is -3.88. The van der Waals surface area contributed by atoms with E-state index < -0.39 is 28.5 Å². The molecule has 9 nitrogen and oxygen atoms in total. The van der Waals surface area contributed by atoms with Crippen molar-refractivity contribution in [2.75, 3.05) is 13.7 Å². The normalized spacial score (nSPS) is 15.7. The zero-order valence-electron chi connectivity index (χ0n) is 16.2. The second-order valence-electron chi connectivity index (χ2n) is 6.79. The van der Waals surface area contributed by atoms with E-state index in [1.54, 1.807) is 0 Å². The lowest BCUT2D eigenvalue weighted by molar-refractivity contribution is -0.385. The minimum absolute atomic E-state index is 0.0154. The number of nitro benzene ring substituents is 1. The Morgan fingerprint density at radius 1 is 1.27 bits per heavy atom. The molecular formula is C21H20N2O7. The molecule has 1 aliphatic rings. The molecule has 0 saturated carbocycles. The van der Waals surface area contributed by atoms with Crippen LogP contribution in [-0.2, 0) is 11.4 Å². The fourth-order valence-corrected chi connectivity index (χ4v) is 3.27. The molecule has 1 atom stereocenters. The predicted octanol–water partition coefficient (Wildman–Crippen LogP) is 3.04. The van der Waals surface area contributed by atoms with Crippen LogP contribution in [0.2, 0.25) is 0 Å². The van der Waals surface area contributed by atoms with Gasteiger partial charge in [0.25, 0.3) is 11.6 Å². The molecule has 2 aromatic carbocycles. The first-order valence-electron chi connectivity index (χ1n) is 9.05. The van der Waals surface area contributed by atoms with Gasteiger partial charge in [0.1, 0.15) is 18.2 Å². The Bertz CT molecular complexity index is 1000. The number of amides is 1. The number of likely N-dealkylation sites (tertiary alicyclic amines) is 1. The van der Waals surface area contributed by atoms with Gasteiger partial charge in [-0.3, -0.25) is 14.9 Å². The smallest absolute Gasteiger partial charge is 0.326 e. The third kappa shape index (κ3) is 4.24. The standard InChI is InChI=1S/C21H20N2O7/c1-13-8-17(21(25)26)22(11-13)20(24)15-9-18(29-2)19(10-16(15)23(27)28)30-12-14-6-4-3-5-7-14/h3-7,9-10,17H,1,8,11-12H2,2H3,(H,25,26)/t17-/m0/s1. The Morgan fingerprint density at radius 2 is 1.97 bits per heavy atom. The van der Waals surface area contributed by atoms with E-state index in [0.29, 0.717) is 5.57 Å². The maximum atomic E-state index is 13.0. The zero-order chi connectivity index (χ0) is 21.8. The molecule has 2 aromatic rings. The maximum Gasteiger partial charge on any atom is 0.326 e. The van der Waals surface area contributed by atoms with Crippen molar-refractivity contribution in [2.45, 2.75) is 19.1 Å². The number of methoxy groups -OCH3 is 1. The van der Waals surface area contributed by atoms with Gasteiger partial charge < -0.3 is 19.5 Å². The molecule has 1 heterocycles. The van der Waals surface area contributed by atoms with Gasteiger partial charge in [0, 0.05) is 19.0 Å². The number of carboxylic acids is 1. The average Bonchev–Trinajstić information content (AvgIpc) is 3.13. The molecule has 0 spiro atoms. The molecule has 156 valence electrons. The van der Waals surface area contributed by atoms with Crippen molar-refractivity contribution in [2.24, 2.45) is 0 Å². The average molecular weight is 412 g/mol. The summed E-state index contributed by atoms with van der Waals surface area (Å²) < 4.78 is 10.9. The van der Waals surface area contributed by atoms with Crippen molar-refractivity contribution >= 4 is 17.6 Å². The molecule has 0 aromatic heterocycles. The molecule has 0 radical (unpaired) electrons. The lowest BCUT2D eigenvalue weighted by atomic mass is 10.1. The van der Waals surface area contributed by atoms with Crippen LogP contribution >= 0.6 is 0 Å². The van der Waals surface area contributed by atoms with Crippen LogP contribution in [-0.4, -0.2) is 46.5 Å². The van der Waals surface area contributed by atoms with Gasteiger partial charge >= 0.3 is 5.97 Å². The van der Waals surface area contributed by atoms with Crippen molar-refractivity contribution in [1.82, 2.24) is 4.90 Å². The lowest BCUT2D eigenvalue weighted by Crippen LogP contribution is -2.40. The molecule has 1 N–H and O–H groups in total. The second-order valence-corrected chi connectivity index (χ2v) is 6.79. The Labute approximate surface area is 172 Å². The van der Waals surface area contributed by atoms with E-state index in [4.69, 9.17) is 9.47 Å². The van der Waals surface area contributed by atoms with Crippen molar-refractivity contribution in [3.63, 3.8) is 0 Å². The molecule has 1 amide bonds. The highest BCUT2D eigenvalue weighted by Gasteiger charge is 2.39. The monoisotopic (exact) mass is 412 g/mol. The van der Waals surface area contributed by atoms with Crippen molar-refractivity contribution in [3.8, 4) is 11.5 Å². The number of rotatable bonds is 7. The molecule has 9 heteroatoms. The topological polar surface area (TPSA) is 119 Å². The molecule has 3 rings (SSSR count). The number of aliphatic carboxylic acids is 1. The van der Waals surface area contributed by atoms with Gasteiger partial charge in [-0.15, -0.1) is 0 Å². The molecule has 0 bridgehead atoms. The molecule has 0 aliphatic carbocycles. The highest BCUT2D eigenvalue weighted by molar-refractivity contribution is 6.01. The number of ether oxygens (including phenoxy) is 2. The Kier molecular flexibility index (Phi) is 6.01. The van der Waals surface area contributed by atoms with E-state index in [1.165, 1.54) is 13.2 Å². The summed E-state index contributed by atoms with van der Waals surface area (Å²) in [6, 6.07) is 10.4. The van der Waals surface area contributed by atoms with E-state index in [2.05, 4.69) is 6.58 Å². The van der Waals surface area contributed by atoms with Gasteiger partial charge in [0.2, 0.25) is 0 Å². The van der Waals surface area contributed by atoms with Crippen molar-refractivity contribution < 1.29 is 29.1 Å². The SMILES string of the molecule is C=C1C[C@@H](C(=O)O)N(C(=O)c2cc(OC)c(OCc3ccccc3)cc2[N+](=O)[O-])C1. The maximum absolute atomic E-state index is 13.0.